The second-order valence-corrected chi connectivity index (χ2v) is 21.4. The van der Waals surface area contributed by atoms with E-state index in [0.717, 1.165) is 19.3 Å². The van der Waals surface area contributed by atoms with Gasteiger partial charge in [-0.3, -0.25) is 52.7 Å². The Morgan fingerprint density at radius 3 is 1.61 bits per heavy atom. The van der Waals surface area contributed by atoms with Gasteiger partial charge in [0.1, 0.15) is 54.4 Å². The first-order chi connectivity index (χ1) is 40.0. The van der Waals surface area contributed by atoms with E-state index in [1.54, 1.807) is 44.2 Å². The van der Waals surface area contributed by atoms with Gasteiger partial charge in [0, 0.05) is 32.4 Å². The Hall–Kier alpha value is -6.89. The minimum atomic E-state index is -1.67. The SMILES string of the molecule is CC(C)C[C@@H]1NC(=O)[C@@H](Cc2ccccc2)NC(=O)[C@H](CCN)NC(=O)[C@@H](NC(=O)[C@H](CCN)NC(=O)[C@@H](NC(=O)CCCCCNC(=O)CCCCCN)[C@@H](C)O)CCNC(=O)[C@H]([C@@H](C)O)NC(=O)[C@H](CCN)NC(=O)[C@H](CCN)NC1=O. The summed E-state index contributed by atoms with van der Waals surface area (Å²) in [4.78, 5) is 152. The number of nitrogens with two attached hydrogens (primary N) is 5. The Morgan fingerprint density at radius 2 is 1.07 bits per heavy atom. The number of rotatable bonds is 30. The van der Waals surface area contributed by atoms with Crippen LogP contribution in [0.25, 0.3) is 0 Å². The van der Waals surface area contributed by atoms with Crippen molar-refractivity contribution in [1.82, 2.24) is 58.5 Å². The van der Waals surface area contributed by atoms with Crippen LogP contribution in [0.5, 0.6) is 0 Å². The van der Waals surface area contributed by atoms with Gasteiger partial charge < -0.3 is 97.4 Å². The fourth-order valence-electron chi connectivity index (χ4n) is 8.94. The minimum absolute atomic E-state index is 0.0293. The first-order valence-electron chi connectivity index (χ1n) is 29.2. The van der Waals surface area contributed by atoms with Gasteiger partial charge in [0.15, 0.2) is 0 Å². The number of aliphatic hydroxyl groups is 2. The molecule has 0 unspecified atom stereocenters. The summed E-state index contributed by atoms with van der Waals surface area (Å²) in [6.45, 7) is 5.95. The third-order valence-electron chi connectivity index (χ3n) is 13.6. The summed E-state index contributed by atoms with van der Waals surface area (Å²) >= 11 is 0. The molecule has 474 valence electrons. The van der Waals surface area contributed by atoms with Gasteiger partial charge in [-0.2, -0.15) is 0 Å². The molecule has 0 radical (unpaired) electrons. The molecule has 1 fully saturated rings. The lowest BCUT2D eigenvalue weighted by atomic mass is 10.00. The summed E-state index contributed by atoms with van der Waals surface area (Å²) in [5.41, 5.74) is 29.6. The number of amides is 11. The molecule has 29 nitrogen and oxygen atoms in total. The number of unbranched alkanes of at least 4 members (excludes halogenated alkanes) is 4. The molecule has 0 aliphatic carbocycles. The molecule has 29 heteroatoms. The van der Waals surface area contributed by atoms with Crippen LogP contribution >= 0.6 is 0 Å². The minimum Gasteiger partial charge on any atom is -0.391 e. The number of carbonyl (C=O) groups is 11. The lowest BCUT2D eigenvalue weighted by Crippen LogP contribution is -2.61. The van der Waals surface area contributed by atoms with Crippen molar-refractivity contribution in [2.75, 3.05) is 45.8 Å². The highest BCUT2D eigenvalue weighted by molar-refractivity contribution is 5.99. The predicted molar refractivity (Wildman–Crippen MR) is 312 cm³/mol. The van der Waals surface area contributed by atoms with Crippen molar-refractivity contribution in [3.63, 3.8) is 0 Å². The summed E-state index contributed by atoms with van der Waals surface area (Å²) in [7, 11) is 0. The normalized spacial score (nSPS) is 22.2. The average Bonchev–Trinajstić information content (AvgIpc) is 3.66. The van der Waals surface area contributed by atoms with Crippen molar-refractivity contribution >= 4 is 65.0 Å². The monoisotopic (exact) mass is 1190 g/mol. The predicted octanol–water partition coefficient (Wildman–Crippen LogP) is -5.49. The van der Waals surface area contributed by atoms with E-state index < -0.39 is 139 Å². The number of nitrogens with one attached hydrogen (secondary N) is 11. The Balaban J connectivity index is 2.57. The summed E-state index contributed by atoms with van der Waals surface area (Å²) in [5.74, 6) is -9.14. The molecule has 11 atom stereocenters. The van der Waals surface area contributed by atoms with Crippen LogP contribution in [0.15, 0.2) is 30.3 Å². The van der Waals surface area contributed by atoms with Gasteiger partial charge in [0.25, 0.3) is 0 Å². The molecule has 1 aromatic rings. The molecule has 1 aliphatic heterocycles. The van der Waals surface area contributed by atoms with E-state index in [2.05, 4.69) is 58.5 Å². The molecule has 1 aromatic carbocycles. The van der Waals surface area contributed by atoms with E-state index in [1.165, 1.54) is 13.8 Å². The molecule has 2 rings (SSSR count). The number of hydrogen-bond acceptors (Lipinski definition) is 18. The van der Waals surface area contributed by atoms with Crippen LogP contribution in [0.2, 0.25) is 0 Å². The number of hydrogen-bond donors (Lipinski definition) is 18. The molecule has 0 bridgehead atoms. The number of benzene rings is 1. The number of carbonyl (C=O) groups excluding carboxylic acids is 11. The molecule has 84 heavy (non-hydrogen) atoms. The van der Waals surface area contributed by atoms with Crippen molar-refractivity contribution in [2.45, 2.75) is 191 Å². The molecule has 1 aliphatic rings. The van der Waals surface area contributed by atoms with Crippen molar-refractivity contribution < 1.29 is 63.0 Å². The van der Waals surface area contributed by atoms with Crippen molar-refractivity contribution in [3.05, 3.63) is 35.9 Å². The standard InChI is InChI=1S/C55H96N16O13/c1-32(2)30-41-52(81)65-36(18-24-57)47(76)64-39(21-27-60)51(80)71-45(33(3)72)54(83)62-29-22-40(50(79)63-37(19-25-58)49(78)69-42(53(82)68-41)31-35-14-8-5-9-15-35)66-48(77)38(20-26-59)67-55(84)46(34(4)73)70-44(75)17-11-7-13-28-61-43(74)16-10-6-12-23-56/h5,8-9,14-15,32-34,36-42,45-46,72-73H,6-7,10-13,16-31,56-60H2,1-4H3,(H,61,74)(H,62,83)(H,63,79)(H,64,76)(H,65,81)(H,66,77)(H,67,84)(H,68,82)(H,69,78)(H,70,75)(H,71,80)/t33-,34-,36+,37+,38+,39+,40+,41+,42-,45+,46+/m1/s1. The van der Waals surface area contributed by atoms with Crippen LogP contribution in [0.3, 0.4) is 0 Å². The zero-order valence-electron chi connectivity index (χ0n) is 49.1. The third kappa shape index (κ3) is 27.7. The Labute approximate surface area is 491 Å². The first kappa shape index (κ1) is 73.2. The second kappa shape index (κ2) is 40.4. The first-order valence-corrected chi connectivity index (χ1v) is 29.2. The molecular weight excluding hydrogens is 1090 g/mol. The smallest absolute Gasteiger partial charge is 0.245 e. The molecule has 0 aromatic heterocycles. The quantitative estimate of drug-likeness (QED) is 0.0320. The maximum atomic E-state index is 14.5. The molecule has 1 saturated heterocycles. The highest BCUT2D eigenvalue weighted by atomic mass is 16.3. The third-order valence-corrected chi connectivity index (χ3v) is 13.6. The molecule has 23 N–H and O–H groups in total. The summed E-state index contributed by atoms with van der Waals surface area (Å²) in [6.07, 6.45) is 0.100. The number of aliphatic hydroxyl groups excluding tert-OH is 2. The zero-order valence-corrected chi connectivity index (χ0v) is 49.1. The van der Waals surface area contributed by atoms with Crippen molar-refractivity contribution in [1.29, 1.82) is 0 Å². The van der Waals surface area contributed by atoms with Crippen LogP contribution in [0.1, 0.15) is 123 Å². The Kier molecular flexibility index (Phi) is 35.2. The van der Waals surface area contributed by atoms with Gasteiger partial charge in [-0.25, -0.2) is 0 Å². The molecule has 0 saturated carbocycles. The van der Waals surface area contributed by atoms with Crippen LogP contribution in [-0.4, -0.2) is 188 Å². The second-order valence-electron chi connectivity index (χ2n) is 21.4. The average molecular weight is 1190 g/mol. The highest BCUT2D eigenvalue weighted by Gasteiger charge is 2.37. The Bertz CT molecular complexity index is 2260. The van der Waals surface area contributed by atoms with Crippen LogP contribution in [-0.2, 0) is 59.2 Å². The lowest BCUT2D eigenvalue weighted by molar-refractivity contribution is -0.136. The van der Waals surface area contributed by atoms with Gasteiger partial charge in [0.2, 0.25) is 65.0 Å². The molecular formula is C55H96N16O13. The van der Waals surface area contributed by atoms with E-state index in [1.807, 2.05) is 0 Å². The largest absolute Gasteiger partial charge is 0.391 e. The van der Waals surface area contributed by atoms with Gasteiger partial charge in [-0.15, -0.1) is 0 Å². The van der Waals surface area contributed by atoms with E-state index >= 15 is 0 Å². The van der Waals surface area contributed by atoms with Gasteiger partial charge in [-0.1, -0.05) is 57.0 Å². The van der Waals surface area contributed by atoms with Crippen LogP contribution in [0.4, 0.5) is 0 Å². The fourth-order valence-corrected chi connectivity index (χ4v) is 8.94. The molecule has 0 spiro atoms. The fraction of sp³-hybridized carbons (Fsp3) is 0.691. The van der Waals surface area contributed by atoms with Crippen LogP contribution in [0, 0.1) is 5.92 Å². The van der Waals surface area contributed by atoms with Crippen LogP contribution < -0.4 is 87.2 Å². The van der Waals surface area contributed by atoms with E-state index in [9.17, 15) is 63.0 Å². The highest BCUT2D eigenvalue weighted by Crippen LogP contribution is 2.12. The summed E-state index contributed by atoms with van der Waals surface area (Å²) in [6, 6.07) is -4.72. The van der Waals surface area contributed by atoms with Gasteiger partial charge in [0.05, 0.1) is 12.2 Å². The maximum Gasteiger partial charge on any atom is 0.245 e. The topological polar surface area (TPSA) is 491 Å². The van der Waals surface area contributed by atoms with Gasteiger partial charge in [-0.05, 0) is 122 Å². The Morgan fingerprint density at radius 1 is 0.560 bits per heavy atom. The summed E-state index contributed by atoms with van der Waals surface area (Å²) in [5, 5.41) is 49.8. The molecule has 11 amide bonds. The van der Waals surface area contributed by atoms with Crippen molar-refractivity contribution in [2.24, 2.45) is 34.6 Å². The lowest BCUT2D eigenvalue weighted by Gasteiger charge is -2.28. The zero-order chi connectivity index (χ0) is 62.7. The van der Waals surface area contributed by atoms with Gasteiger partial charge >= 0.3 is 0 Å². The molecule has 1 heterocycles. The van der Waals surface area contributed by atoms with E-state index in [0.29, 0.717) is 44.3 Å². The van der Waals surface area contributed by atoms with Crippen molar-refractivity contribution in [3.8, 4) is 0 Å². The van der Waals surface area contributed by atoms with E-state index in [-0.39, 0.29) is 82.9 Å². The maximum absolute atomic E-state index is 14.5. The summed E-state index contributed by atoms with van der Waals surface area (Å²) < 4.78 is 0. The van der Waals surface area contributed by atoms with E-state index in [4.69, 9.17) is 28.7 Å².